The van der Waals surface area contributed by atoms with Crippen LogP contribution in [0.4, 0.5) is 26.3 Å². The van der Waals surface area contributed by atoms with Crippen molar-refractivity contribution in [1.82, 2.24) is 9.55 Å². The molecule has 0 radical (unpaired) electrons. The molecular formula is C22H15F6N3O3S. The molecule has 6 nitrogen and oxygen atoms in total. The Hall–Kier alpha value is -3.74. The Balaban J connectivity index is 1.65. The molecule has 0 saturated carbocycles. The maximum absolute atomic E-state index is 13.3. The molecule has 4 aromatic rings. The Bertz CT molecular complexity index is 1380. The number of halogens is 6. The summed E-state index contributed by atoms with van der Waals surface area (Å²) < 4.78 is 89.0. The number of rotatable bonds is 7. The van der Waals surface area contributed by atoms with Crippen LogP contribution in [0.25, 0.3) is 16.0 Å². The van der Waals surface area contributed by atoms with E-state index in [-0.39, 0.29) is 21.9 Å². The summed E-state index contributed by atoms with van der Waals surface area (Å²) in [5, 5.41) is 0.355. The van der Waals surface area contributed by atoms with Gasteiger partial charge in [-0.05, 0) is 18.2 Å². The first-order valence-corrected chi connectivity index (χ1v) is 10.6. The van der Waals surface area contributed by atoms with Crippen LogP contribution >= 0.6 is 11.3 Å². The highest BCUT2D eigenvalue weighted by Gasteiger charge is 2.33. The second-order valence-corrected chi connectivity index (χ2v) is 8.29. The molecule has 0 unspecified atom stereocenters. The van der Waals surface area contributed by atoms with Crippen molar-refractivity contribution in [2.75, 3.05) is 6.61 Å². The van der Waals surface area contributed by atoms with Gasteiger partial charge >= 0.3 is 12.4 Å². The number of hydrogen-bond acceptors (Lipinski definition) is 5. The summed E-state index contributed by atoms with van der Waals surface area (Å²) >= 11 is 0.889. The Morgan fingerprint density at radius 3 is 2.46 bits per heavy atom. The lowest BCUT2D eigenvalue weighted by Crippen LogP contribution is -2.19. The molecule has 35 heavy (non-hydrogen) atoms. The van der Waals surface area contributed by atoms with Crippen molar-refractivity contribution < 1.29 is 40.6 Å². The lowest BCUT2D eigenvalue weighted by molar-refractivity contribution is -0.153. The topological polar surface area (TPSA) is 79.4 Å². The highest BCUT2D eigenvalue weighted by molar-refractivity contribution is 7.16. The molecule has 0 atom stereocenters. The number of benzene rings is 2. The van der Waals surface area contributed by atoms with Gasteiger partial charge in [0, 0.05) is 17.7 Å². The Morgan fingerprint density at radius 1 is 1.03 bits per heavy atom. The number of fused-ring (bicyclic) bond motifs is 1. The monoisotopic (exact) mass is 515 g/mol. The average molecular weight is 515 g/mol. The van der Waals surface area contributed by atoms with Crippen molar-refractivity contribution in [3.8, 4) is 16.5 Å². The maximum atomic E-state index is 13.3. The van der Waals surface area contributed by atoms with Gasteiger partial charge in [-0.25, -0.2) is 4.98 Å². The molecule has 13 heteroatoms. The number of hydrogen-bond donors (Lipinski definition) is 1. The van der Waals surface area contributed by atoms with Gasteiger partial charge < -0.3 is 15.2 Å². The zero-order chi connectivity index (χ0) is 25.4. The van der Waals surface area contributed by atoms with Crippen LogP contribution in [-0.2, 0) is 12.8 Å². The molecule has 1 amide bonds. The number of aromatic nitrogens is 2. The predicted molar refractivity (Wildman–Crippen MR) is 115 cm³/mol. The van der Waals surface area contributed by atoms with Crippen molar-refractivity contribution in [3.63, 3.8) is 0 Å². The summed E-state index contributed by atoms with van der Waals surface area (Å²) in [7, 11) is 0. The molecule has 0 aliphatic carbocycles. The van der Waals surface area contributed by atoms with Crippen LogP contribution in [0.2, 0.25) is 0 Å². The van der Waals surface area contributed by atoms with Gasteiger partial charge in [0.15, 0.2) is 6.61 Å². The van der Waals surface area contributed by atoms with Crippen LogP contribution in [-0.4, -0.2) is 28.2 Å². The van der Waals surface area contributed by atoms with E-state index in [9.17, 15) is 31.1 Å². The normalized spacial score (nSPS) is 12.2. The molecule has 0 aliphatic rings. The number of carbonyl (C=O) groups is 1. The summed E-state index contributed by atoms with van der Waals surface area (Å²) in [6, 6.07) is 10.4. The smallest absolute Gasteiger partial charge is 0.422 e. The quantitative estimate of drug-likeness (QED) is 0.319. The number of alkyl halides is 6. The van der Waals surface area contributed by atoms with Gasteiger partial charge in [-0.3, -0.25) is 9.36 Å². The van der Waals surface area contributed by atoms with Crippen molar-refractivity contribution in [2.24, 2.45) is 5.73 Å². The van der Waals surface area contributed by atoms with Crippen LogP contribution < -0.4 is 15.2 Å². The van der Waals surface area contributed by atoms with Crippen LogP contribution in [0.5, 0.6) is 11.5 Å². The minimum absolute atomic E-state index is 0.0409. The van der Waals surface area contributed by atoms with Crippen LogP contribution in [0.3, 0.4) is 0 Å². The zero-order valence-corrected chi connectivity index (χ0v) is 18.3. The van der Waals surface area contributed by atoms with E-state index in [4.69, 9.17) is 15.2 Å². The van der Waals surface area contributed by atoms with Crippen molar-refractivity contribution >= 4 is 28.3 Å². The van der Waals surface area contributed by atoms with Gasteiger partial charge in [-0.2, -0.15) is 26.3 Å². The Morgan fingerprint density at radius 2 is 1.77 bits per heavy atom. The number of nitrogens with two attached hydrogens (primary N) is 1. The van der Waals surface area contributed by atoms with Crippen LogP contribution in [0, 0.1) is 0 Å². The third-order valence-corrected chi connectivity index (χ3v) is 5.90. The molecule has 4 rings (SSSR count). The van der Waals surface area contributed by atoms with E-state index in [1.54, 1.807) is 0 Å². The third-order valence-electron chi connectivity index (χ3n) is 4.77. The molecule has 0 saturated heterocycles. The van der Waals surface area contributed by atoms with Crippen molar-refractivity contribution in [1.29, 1.82) is 0 Å². The van der Waals surface area contributed by atoms with E-state index in [1.165, 1.54) is 53.4 Å². The number of ether oxygens (including phenoxy) is 2. The lowest BCUT2D eigenvalue weighted by Gasteiger charge is -2.13. The van der Waals surface area contributed by atoms with E-state index >= 15 is 0 Å². The number of primary amides is 1. The number of thiophene rings is 1. The standard InChI is InChI=1S/C22H15F6N3O3S/c23-21(24,25)10-34-13-5-6-15-16(7-13)31(11-30-15)18-8-17(19(35-18)20(29)32)33-9-12-3-1-2-4-14(12)22(26,27)28/h1-8,11H,9-10H2,(H2,29,32). The Labute approximate surface area is 197 Å². The molecule has 2 aromatic heterocycles. The first kappa shape index (κ1) is 24.4. The number of imidazole rings is 1. The fraction of sp³-hybridized carbons (Fsp3) is 0.182. The van der Waals surface area contributed by atoms with E-state index in [1.807, 2.05) is 0 Å². The van der Waals surface area contributed by atoms with E-state index in [2.05, 4.69) is 4.98 Å². The number of nitrogens with zero attached hydrogens (tertiary/aromatic N) is 2. The minimum Gasteiger partial charge on any atom is -0.487 e. The average Bonchev–Trinajstić information content (AvgIpc) is 3.39. The van der Waals surface area contributed by atoms with Gasteiger partial charge in [0.1, 0.15) is 34.3 Å². The fourth-order valence-corrected chi connectivity index (χ4v) is 4.19. The van der Waals surface area contributed by atoms with E-state index in [0.29, 0.717) is 16.0 Å². The SMILES string of the molecule is NC(=O)c1sc(-n2cnc3ccc(OCC(F)(F)F)cc32)cc1OCc1ccccc1C(F)(F)F. The lowest BCUT2D eigenvalue weighted by atomic mass is 10.1. The molecule has 0 bridgehead atoms. The van der Waals surface area contributed by atoms with Gasteiger partial charge in [-0.1, -0.05) is 18.2 Å². The molecule has 0 fully saturated rings. The number of carbonyl (C=O) groups excluding carboxylic acids is 1. The van der Waals surface area contributed by atoms with Gasteiger partial charge in [0.2, 0.25) is 0 Å². The van der Waals surface area contributed by atoms with Gasteiger partial charge in [0.25, 0.3) is 5.91 Å². The molecule has 0 spiro atoms. The van der Waals surface area contributed by atoms with Crippen molar-refractivity contribution in [3.05, 3.63) is 70.9 Å². The molecule has 2 heterocycles. The second kappa shape index (κ2) is 9.13. The summed E-state index contributed by atoms with van der Waals surface area (Å²) in [5.74, 6) is -0.955. The zero-order valence-electron chi connectivity index (χ0n) is 17.5. The maximum Gasteiger partial charge on any atom is 0.422 e. The highest BCUT2D eigenvalue weighted by atomic mass is 32.1. The minimum atomic E-state index is -4.59. The number of amides is 1. The Kier molecular flexibility index (Phi) is 6.36. The van der Waals surface area contributed by atoms with Crippen LogP contribution in [0.15, 0.2) is 54.9 Å². The summed E-state index contributed by atoms with van der Waals surface area (Å²) in [6.07, 6.45) is -7.73. The highest BCUT2D eigenvalue weighted by Crippen LogP contribution is 2.36. The molecule has 2 N–H and O–H groups in total. The second-order valence-electron chi connectivity index (χ2n) is 7.25. The summed E-state index contributed by atoms with van der Waals surface area (Å²) in [4.78, 5) is 16.1. The van der Waals surface area contributed by atoms with Crippen molar-refractivity contribution in [2.45, 2.75) is 19.0 Å². The largest absolute Gasteiger partial charge is 0.487 e. The van der Waals surface area contributed by atoms with Crippen LogP contribution in [0.1, 0.15) is 20.8 Å². The van der Waals surface area contributed by atoms with Gasteiger partial charge in [0.05, 0.1) is 16.6 Å². The third kappa shape index (κ3) is 5.50. The summed E-state index contributed by atoms with van der Waals surface area (Å²) in [5.41, 5.74) is 5.22. The van der Waals surface area contributed by atoms with E-state index in [0.717, 1.165) is 17.4 Å². The first-order chi connectivity index (χ1) is 16.4. The molecular weight excluding hydrogens is 500 g/mol. The molecule has 184 valence electrons. The molecule has 0 aliphatic heterocycles. The predicted octanol–water partition coefficient (Wildman–Crippen LogP) is 5.72. The van der Waals surface area contributed by atoms with Gasteiger partial charge in [-0.15, -0.1) is 11.3 Å². The van der Waals surface area contributed by atoms with E-state index < -0.39 is 37.0 Å². The summed E-state index contributed by atoms with van der Waals surface area (Å²) in [6.45, 7) is -1.96. The fourth-order valence-electron chi connectivity index (χ4n) is 3.26. The molecule has 2 aromatic carbocycles. The first-order valence-electron chi connectivity index (χ1n) is 9.81.